The van der Waals surface area contributed by atoms with E-state index < -0.39 is 0 Å². The zero-order chi connectivity index (χ0) is 24.9. The molecule has 0 atom stereocenters. The van der Waals surface area contributed by atoms with Crippen molar-refractivity contribution in [2.45, 2.75) is 20.8 Å². The summed E-state index contributed by atoms with van der Waals surface area (Å²) in [4.78, 5) is 31.2. The van der Waals surface area contributed by atoms with Crippen molar-refractivity contribution in [3.63, 3.8) is 0 Å². The van der Waals surface area contributed by atoms with Gasteiger partial charge in [-0.25, -0.2) is 0 Å². The zero-order valence-corrected chi connectivity index (χ0v) is 20.7. The Kier molecular flexibility index (Phi) is 7.36. The van der Waals surface area contributed by atoms with Gasteiger partial charge in [0.15, 0.2) is 0 Å². The number of hydrogen-bond donors (Lipinski definition) is 3. The third-order valence-corrected chi connectivity index (χ3v) is 6.55. The van der Waals surface area contributed by atoms with Gasteiger partial charge < -0.3 is 25.3 Å². The number of amides is 2. The zero-order valence-electron chi connectivity index (χ0n) is 20.7. The number of nitrogens with one attached hydrogen (secondary N) is 3. The molecule has 2 amide bonds. The molecule has 1 aromatic heterocycles. The van der Waals surface area contributed by atoms with Crippen LogP contribution >= 0.6 is 0 Å². The highest BCUT2D eigenvalue weighted by molar-refractivity contribution is 6.36. The van der Waals surface area contributed by atoms with Gasteiger partial charge in [0.2, 0.25) is 0 Å². The summed E-state index contributed by atoms with van der Waals surface area (Å²) < 4.78 is 5.28. The van der Waals surface area contributed by atoms with Gasteiger partial charge in [-0.2, -0.15) is 0 Å². The smallest absolute Gasteiger partial charge is 0.256 e. The average Bonchev–Trinajstić information content (AvgIpc) is 3.40. The van der Waals surface area contributed by atoms with E-state index in [1.54, 1.807) is 13.3 Å². The van der Waals surface area contributed by atoms with Crippen LogP contribution in [0.3, 0.4) is 0 Å². The topological polar surface area (TPSA) is 86.5 Å². The SMILES string of the molecule is CCN(CC)CCNC(=O)c1c[nH]c(/C=C2\C(=O)Nc3cccc(-c4ccc(OC)cc4)c32)c1C. The molecule has 0 aliphatic carbocycles. The van der Waals surface area contributed by atoms with Gasteiger partial charge in [0, 0.05) is 36.2 Å². The number of hydrogen-bond acceptors (Lipinski definition) is 4. The molecule has 35 heavy (non-hydrogen) atoms. The standard InChI is InChI=1S/C28H32N4O3/c1-5-32(6-2)15-14-29-27(33)23-17-30-25(18(23)3)16-22-26-21(8-7-9-24(26)31-28(22)34)19-10-12-20(35-4)13-11-19/h7-13,16-17,30H,5-6,14-15H2,1-4H3,(H,29,33)(H,31,34)/b22-16-. The van der Waals surface area contributed by atoms with Crippen LogP contribution in [0.2, 0.25) is 0 Å². The highest BCUT2D eigenvalue weighted by Gasteiger charge is 2.28. The monoisotopic (exact) mass is 472 g/mol. The van der Waals surface area contributed by atoms with Crippen molar-refractivity contribution in [2.24, 2.45) is 0 Å². The van der Waals surface area contributed by atoms with Crippen LogP contribution in [-0.2, 0) is 4.79 Å². The number of H-pyrrole nitrogens is 1. The first-order chi connectivity index (χ1) is 17.0. The maximum Gasteiger partial charge on any atom is 0.256 e. The molecule has 1 aliphatic heterocycles. The Balaban J connectivity index is 1.62. The van der Waals surface area contributed by atoms with Crippen molar-refractivity contribution in [1.29, 1.82) is 0 Å². The van der Waals surface area contributed by atoms with Crippen LogP contribution < -0.4 is 15.4 Å². The lowest BCUT2D eigenvalue weighted by Gasteiger charge is -2.17. The predicted octanol–water partition coefficient (Wildman–Crippen LogP) is 4.56. The van der Waals surface area contributed by atoms with Crippen LogP contribution in [0.5, 0.6) is 5.75 Å². The predicted molar refractivity (Wildman–Crippen MR) is 141 cm³/mol. The number of likely N-dealkylation sites (N-methyl/N-ethyl adjacent to an activating group) is 1. The van der Waals surface area contributed by atoms with E-state index in [2.05, 4.69) is 34.4 Å². The van der Waals surface area contributed by atoms with Gasteiger partial charge in [0.1, 0.15) is 5.75 Å². The number of aromatic nitrogens is 1. The van der Waals surface area contributed by atoms with E-state index in [-0.39, 0.29) is 11.8 Å². The number of carbonyl (C=O) groups is 2. The van der Waals surface area contributed by atoms with E-state index in [0.29, 0.717) is 17.7 Å². The van der Waals surface area contributed by atoms with Gasteiger partial charge in [-0.3, -0.25) is 9.59 Å². The Morgan fingerprint density at radius 2 is 1.86 bits per heavy atom. The molecule has 0 bridgehead atoms. The Hall–Kier alpha value is -3.84. The van der Waals surface area contributed by atoms with Crippen LogP contribution in [0.15, 0.2) is 48.7 Å². The summed E-state index contributed by atoms with van der Waals surface area (Å²) in [6.07, 6.45) is 3.54. The Morgan fingerprint density at radius 1 is 1.11 bits per heavy atom. The minimum Gasteiger partial charge on any atom is -0.497 e. The summed E-state index contributed by atoms with van der Waals surface area (Å²) in [5.74, 6) is 0.488. The van der Waals surface area contributed by atoms with Crippen LogP contribution in [0.1, 0.15) is 41.0 Å². The Bertz CT molecular complexity index is 1250. The van der Waals surface area contributed by atoms with E-state index in [1.165, 1.54) is 0 Å². The number of nitrogens with zero attached hydrogens (tertiary/aromatic N) is 1. The fourth-order valence-electron chi connectivity index (χ4n) is 4.40. The molecule has 182 valence electrons. The number of carbonyl (C=O) groups excluding carboxylic acids is 2. The third-order valence-electron chi connectivity index (χ3n) is 6.55. The fourth-order valence-corrected chi connectivity index (χ4v) is 4.40. The molecule has 0 spiro atoms. The second kappa shape index (κ2) is 10.6. The number of benzene rings is 2. The van der Waals surface area contributed by atoms with Gasteiger partial charge in [-0.15, -0.1) is 0 Å². The van der Waals surface area contributed by atoms with Crippen molar-refractivity contribution in [3.8, 4) is 16.9 Å². The Labute approximate surface area is 206 Å². The minimum absolute atomic E-state index is 0.120. The Morgan fingerprint density at radius 3 is 2.54 bits per heavy atom. The van der Waals surface area contributed by atoms with E-state index in [1.807, 2.05) is 55.5 Å². The van der Waals surface area contributed by atoms with Crippen LogP contribution in [0, 0.1) is 6.92 Å². The highest BCUT2D eigenvalue weighted by atomic mass is 16.5. The third kappa shape index (κ3) is 5.00. The molecular formula is C28H32N4O3. The largest absolute Gasteiger partial charge is 0.497 e. The lowest BCUT2D eigenvalue weighted by molar-refractivity contribution is -0.110. The highest BCUT2D eigenvalue weighted by Crippen LogP contribution is 2.40. The molecule has 4 rings (SSSR count). The van der Waals surface area contributed by atoms with Gasteiger partial charge in [0.25, 0.3) is 11.8 Å². The van der Waals surface area contributed by atoms with Gasteiger partial charge >= 0.3 is 0 Å². The first-order valence-corrected chi connectivity index (χ1v) is 12.0. The fraction of sp³-hybridized carbons (Fsp3) is 0.286. The minimum atomic E-state index is -0.166. The molecule has 0 saturated carbocycles. The first kappa shape index (κ1) is 24.3. The van der Waals surface area contributed by atoms with Crippen molar-refractivity contribution in [3.05, 3.63) is 71.0 Å². The van der Waals surface area contributed by atoms with Crippen LogP contribution in [0.25, 0.3) is 22.8 Å². The number of anilines is 1. The summed E-state index contributed by atoms with van der Waals surface area (Å²) in [7, 11) is 1.64. The van der Waals surface area contributed by atoms with E-state index in [4.69, 9.17) is 4.74 Å². The quantitative estimate of drug-likeness (QED) is 0.399. The number of methoxy groups -OCH3 is 1. The first-order valence-electron chi connectivity index (χ1n) is 12.0. The van der Waals surface area contributed by atoms with Gasteiger partial charge in [-0.05, 0) is 61.0 Å². The number of rotatable bonds is 9. The van der Waals surface area contributed by atoms with E-state index >= 15 is 0 Å². The number of fused-ring (bicyclic) bond motifs is 1. The lowest BCUT2D eigenvalue weighted by atomic mass is 9.94. The molecule has 1 aliphatic rings. The van der Waals surface area contributed by atoms with Gasteiger partial charge in [0.05, 0.1) is 18.2 Å². The van der Waals surface area contributed by atoms with Crippen molar-refractivity contribution in [1.82, 2.24) is 15.2 Å². The second-order valence-corrected chi connectivity index (χ2v) is 8.49. The summed E-state index contributed by atoms with van der Waals surface area (Å²) in [5, 5.41) is 5.97. The molecule has 3 aromatic rings. The van der Waals surface area contributed by atoms with Crippen molar-refractivity contribution >= 4 is 29.2 Å². The maximum atomic E-state index is 12.9. The molecule has 0 fully saturated rings. The van der Waals surface area contributed by atoms with E-state index in [9.17, 15) is 9.59 Å². The molecule has 7 nitrogen and oxygen atoms in total. The van der Waals surface area contributed by atoms with Crippen LogP contribution in [-0.4, -0.2) is 55.0 Å². The molecule has 2 heterocycles. The summed E-state index contributed by atoms with van der Waals surface area (Å²) >= 11 is 0. The van der Waals surface area contributed by atoms with Gasteiger partial charge in [-0.1, -0.05) is 38.1 Å². The van der Waals surface area contributed by atoms with E-state index in [0.717, 1.165) is 59.0 Å². The molecular weight excluding hydrogens is 440 g/mol. The lowest BCUT2D eigenvalue weighted by Crippen LogP contribution is -2.34. The number of ether oxygens (including phenoxy) is 1. The molecule has 7 heteroatoms. The number of aromatic amines is 1. The molecule has 0 radical (unpaired) electrons. The summed E-state index contributed by atoms with van der Waals surface area (Å²) in [5.41, 5.74) is 6.25. The van der Waals surface area contributed by atoms with Crippen molar-refractivity contribution < 1.29 is 14.3 Å². The average molecular weight is 473 g/mol. The molecule has 0 unspecified atom stereocenters. The summed E-state index contributed by atoms with van der Waals surface area (Å²) in [6, 6.07) is 13.6. The normalized spacial score (nSPS) is 13.7. The molecule has 2 aromatic carbocycles. The molecule has 3 N–H and O–H groups in total. The van der Waals surface area contributed by atoms with Crippen molar-refractivity contribution in [2.75, 3.05) is 38.6 Å². The molecule has 0 saturated heterocycles. The maximum absolute atomic E-state index is 12.9. The second-order valence-electron chi connectivity index (χ2n) is 8.49. The summed E-state index contributed by atoms with van der Waals surface area (Å²) in [6.45, 7) is 9.42. The van der Waals surface area contributed by atoms with Crippen LogP contribution in [0.4, 0.5) is 5.69 Å².